The smallest absolute Gasteiger partial charge is 0.337 e. The first-order chi connectivity index (χ1) is 12.7. The lowest BCUT2D eigenvalue weighted by Crippen LogP contribution is -2.04. The van der Waals surface area contributed by atoms with Crippen LogP contribution in [0.2, 0.25) is 0 Å². The normalized spacial score (nSPS) is 10.5. The Morgan fingerprint density at radius 1 is 0.846 bits per heavy atom. The Morgan fingerprint density at radius 3 is 2.15 bits per heavy atom. The molecule has 0 bridgehead atoms. The standard InChI is InChI=1S/C23H23NO2/c1-2-17-10-13-20(14-11-17)24-22-16-19(12-15-21(22)23(25)26)9-8-18-6-4-3-5-7-18/h3-7,10-16,24H,2,8-9H2,1H3,(H,25,26). The number of nitrogens with one attached hydrogen (secondary N) is 1. The van der Waals surface area contributed by atoms with Gasteiger partial charge in [-0.1, -0.05) is 55.5 Å². The Labute approximate surface area is 154 Å². The molecule has 0 aliphatic heterocycles. The van der Waals surface area contributed by atoms with E-state index in [1.165, 1.54) is 11.1 Å². The minimum atomic E-state index is -0.924. The molecule has 0 heterocycles. The van der Waals surface area contributed by atoms with Gasteiger partial charge in [0, 0.05) is 5.69 Å². The number of carbonyl (C=O) groups is 1. The number of aromatic carboxylic acids is 1. The second-order valence-electron chi connectivity index (χ2n) is 6.35. The molecular weight excluding hydrogens is 322 g/mol. The van der Waals surface area contributed by atoms with Crippen LogP contribution in [0.25, 0.3) is 0 Å². The predicted octanol–water partition coefficient (Wildman–Crippen LogP) is 5.48. The summed E-state index contributed by atoms with van der Waals surface area (Å²) < 4.78 is 0. The molecule has 0 radical (unpaired) electrons. The molecule has 2 N–H and O–H groups in total. The molecule has 0 atom stereocenters. The molecule has 0 amide bonds. The highest BCUT2D eigenvalue weighted by molar-refractivity contribution is 5.95. The Balaban J connectivity index is 1.80. The summed E-state index contributed by atoms with van der Waals surface area (Å²) in [4.78, 5) is 11.6. The van der Waals surface area contributed by atoms with Gasteiger partial charge in [-0.2, -0.15) is 0 Å². The van der Waals surface area contributed by atoms with E-state index in [0.29, 0.717) is 5.69 Å². The van der Waals surface area contributed by atoms with Crippen LogP contribution in [0.1, 0.15) is 34.0 Å². The molecule has 0 spiro atoms. The maximum atomic E-state index is 11.6. The van der Waals surface area contributed by atoms with Crippen molar-refractivity contribution in [1.29, 1.82) is 0 Å². The van der Waals surface area contributed by atoms with Gasteiger partial charge in [0.1, 0.15) is 0 Å². The van der Waals surface area contributed by atoms with Crippen molar-refractivity contribution in [2.45, 2.75) is 26.2 Å². The third-order valence-electron chi connectivity index (χ3n) is 4.50. The van der Waals surface area contributed by atoms with Crippen LogP contribution in [-0.4, -0.2) is 11.1 Å². The van der Waals surface area contributed by atoms with Crippen LogP contribution in [-0.2, 0) is 19.3 Å². The topological polar surface area (TPSA) is 49.3 Å². The molecule has 3 nitrogen and oxygen atoms in total. The third-order valence-corrected chi connectivity index (χ3v) is 4.50. The van der Waals surface area contributed by atoms with Crippen LogP contribution in [0.3, 0.4) is 0 Å². The number of hydrogen-bond acceptors (Lipinski definition) is 2. The van der Waals surface area contributed by atoms with Crippen molar-refractivity contribution in [2.75, 3.05) is 5.32 Å². The highest BCUT2D eigenvalue weighted by Crippen LogP contribution is 2.24. The summed E-state index contributed by atoms with van der Waals surface area (Å²) in [6.45, 7) is 2.11. The lowest BCUT2D eigenvalue weighted by atomic mass is 10.0. The van der Waals surface area contributed by atoms with Crippen molar-refractivity contribution >= 4 is 17.3 Å². The Hall–Kier alpha value is -3.07. The molecule has 0 aliphatic carbocycles. The van der Waals surface area contributed by atoms with Gasteiger partial charge < -0.3 is 10.4 Å². The van der Waals surface area contributed by atoms with Crippen LogP contribution in [0.4, 0.5) is 11.4 Å². The zero-order chi connectivity index (χ0) is 18.4. The first-order valence-electron chi connectivity index (χ1n) is 8.92. The van der Waals surface area contributed by atoms with Crippen molar-refractivity contribution in [1.82, 2.24) is 0 Å². The van der Waals surface area contributed by atoms with Crippen LogP contribution < -0.4 is 5.32 Å². The van der Waals surface area contributed by atoms with Gasteiger partial charge in [0.05, 0.1) is 11.3 Å². The van der Waals surface area contributed by atoms with E-state index in [0.717, 1.165) is 30.5 Å². The fourth-order valence-corrected chi connectivity index (χ4v) is 2.95. The molecule has 0 aromatic heterocycles. The summed E-state index contributed by atoms with van der Waals surface area (Å²) in [5, 5.41) is 12.7. The number of carboxylic acids is 1. The molecule has 0 saturated heterocycles. The van der Waals surface area contributed by atoms with E-state index in [9.17, 15) is 9.90 Å². The van der Waals surface area contributed by atoms with Crippen molar-refractivity contribution in [2.24, 2.45) is 0 Å². The number of anilines is 2. The zero-order valence-electron chi connectivity index (χ0n) is 14.9. The Bertz CT molecular complexity index is 870. The largest absolute Gasteiger partial charge is 0.478 e. The third kappa shape index (κ3) is 4.51. The number of aryl methyl sites for hydroxylation is 3. The van der Waals surface area contributed by atoms with Crippen LogP contribution in [0, 0.1) is 0 Å². The summed E-state index contributed by atoms with van der Waals surface area (Å²) in [5.41, 5.74) is 5.46. The fraction of sp³-hybridized carbons (Fsp3) is 0.174. The van der Waals surface area contributed by atoms with E-state index in [1.54, 1.807) is 6.07 Å². The van der Waals surface area contributed by atoms with Crippen molar-refractivity contribution in [3.05, 3.63) is 95.1 Å². The minimum absolute atomic E-state index is 0.285. The van der Waals surface area contributed by atoms with Gasteiger partial charge in [-0.25, -0.2) is 4.79 Å². The maximum Gasteiger partial charge on any atom is 0.337 e. The quantitative estimate of drug-likeness (QED) is 0.596. The summed E-state index contributed by atoms with van der Waals surface area (Å²) in [6, 6.07) is 23.9. The number of hydrogen-bond donors (Lipinski definition) is 2. The molecule has 0 saturated carbocycles. The average molecular weight is 345 g/mol. The summed E-state index contributed by atoms with van der Waals surface area (Å²) in [5.74, 6) is -0.924. The Kier molecular flexibility index (Phi) is 5.69. The van der Waals surface area contributed by atoms with Gasteiger partial charge in [0.2, 0.25) is 0 Å². The lowest BCUT2D eigenvalue weighted by Gasteiger charge is -2.12. The number of rotatable bonds is 7. The zero-order valence-corrected chi connectivity index (χ0v) is 14.9. The molecule has 3 heteroatoms. The second kappa shape index (κ2) is 8.34. The van der Waals surface area contributed by atoms with E-state index < -0.39 is 5.97 Å². The summed E-state index contributed by atoms with van der Waals surface area (Å²) in [7, 11) is 0. The van der Waals surface area contributed by atoms with E-state index in [4.69, 9.17) is 0 Å². The SMILES string of the molecule is CCc1ccc(Nc2cc(CCc3ccccc3)ccc2C(=O)O)cc1. The average Bonchev–Trinajstić information content (AvgIpc) is 2.68. The van der Waals surface area contributed by atoms with Crippen molar-refractivity contribution in [3.8, 4) is 0 Å². The Morgan fingerprint density at radius 2 is 1.50 bits per heavy atom. The lowest BCUT2D eigenvalue weighted by molar-refractivity contribution is 0.0698. The van der Waals surface area contributed by atoms with Crippen molar-refractivity contribution in [3.63, 3.8) is 0 Å². The van der Waals surface area contributed by atoms with E-state index in [2.05, 4.69) is 36.5 Å². The second-order valence-corrected chi connectivity index (χ2v) is 6.35. The van der Waals surface area contributed by atoms with Gasteiger partial charge in [0.25, 0.3) is 0 Å². The molecule has 3 aromatic carbocycles. The minimum Gasteiger partial charge on any atom is -0.478 e. The van der Waals surface area contributed by atoms with Gasteiger partial charge in [-0.3, -0.25) is 0 Å². The van der Waals surface area contributed by atoms with E-state index in [1.807, 2.05) is 42.5 Å². The van der Waals surface area contributed by atoms with Gasteiger partial charge in [0.15, 0.2) is 0 Å². The first-order valence-corrected chi connectivity index (χ1v) is 8.92. The molecule has 3 aromatic rings. The molecule has 3 rings (SSSR count). The molecule has 132 valence electrons. The molecule has 26 heavy (non-hydrogen) atoms. The number of benzene rings is 3. The van der Waals surface area contributed by atoms with Crippen LogP contribution in [0.15, 0.2) is 72.8 Å². The maximum absolute atomic E-state index is 11.6. The highest BCUT2D eigenvalue weighted by atomic mass is 16.4. The first kappa shape index (κ1) is 17.7. The van der Waals surface area contributed by atoms with Crippen molar-refractivity contribution < 1.29 is 9.90 Å². The van der Waals surface area contributed by atoms with Crippen LogP contribution in [0.5, 0.6) is 0 Å². The molecular formula is C23H23NO2. The van der Waals surface area contributed by atoms with Gasteiger partial charge >= 0.3 is 5.97 Å². The summed E-state index contributed by atoms with van der Waals surface area (Å²) in [6.07, 6.45) is 2.78. The summed E-state index contributed by atoms with van der Waals surface area (Å²) >= 11 is 0. The van der Waals surface area contributed by atoms with Crippen LogP contribution >= 0.6 is 0 Å². The number of carboxylic acid groups (broad SMARTS) is 1. The van der Waals surface area contributed by atoms with Gasteiger partial charge in [-0.15, -0.1) is 0 Å². The predicted molar refractivity (Wildman–Crippen MR) is 106 cm³/mol. The van der Waals surface area contributed by atoms with E-state index >= 15 is 0 Å². The molecule has 0 unspecified atom stereocenters. The van der Waals surface area contributed by atoms with Gasteiger partial charge in [-0.05, 0) is 60.2 Å². The van der Waals surface area contributed by atoms with E-state index in [-0.39, 0.29) is 5.56 Å². The fourth-order valence-electron chi connectivity index (χ4n) is 2.95. The molecule has 0 fully saturated rings. The highest BCUT2D eigenvalue weighted by Gasteiger charge is 2.11. The molecule has 0 aliphatic rings. The monoisotopic (exact) mass is 345 g/mol.